The topological polar surface area (TPSA) is 66.4 Å². The van der Waals surface area contributed by atoms with Crippen LogP contribution in [0, 0.1) is 0 Å². The molecule has 0 saturated carbocycles. The Morgan fingerprint density at radius 1 is 0.511 bits per heavy atom. The first-order valence-electron chi connectivity index (χ1n) is 15.4. The van der Waals surface area contributed by atoms with Crippen molar-refractivity contribution in [3.05, 3.63) is 187 Å². The van der Waals surface area contributed by atoms with Gasteiger partial charge in [-0.3, -0.25) is 0 Å². The van der Waals surface area contributed by atoms with Gasteiger partial charge in [-0.1, -0.05) is 109 Å². The standard InChI is InChI=1S/C22H23OS.C19H16O3S/c1-22(2,3)23-18-14-16-21(17-15-18)24(19-10-6-4-7-11-19)20-12-8-5-9-13-20;20-23(21,22)18-13-11-17(12-14-18)19(15-7-3-1-4-8-15)16-9-5-2-6-10-16/h4-17H,1-3H3;1-14,19H,(H,20,21,22)/q+1;/p-1. The van der Waals surface area contributed by atoms with Gasteiger partial charge in [-0.15, -0.1) is 0 Å². The average Bonchev–Trinajstić information content (AvgIpc) is 3.07. The molecule has 0 aliphatic rings. The molecule has 0 amide bonds. The Morgan fingerprint density at radius 2 is 0.872 bits per heavy atom. The summed E-state index contributed by atoms with van der Waals surface area (Å²) in [7, 11) is -4.53. The van der Waals surface area contributed by atoms with Gasteiger partial charge in [-0.25, -0.2) is 8.42 Å². The van der Waals surface area contributed by atoms with Gasteiger partial charge in [-0.05, 0) is 98.1 Å². The Bertz CT molecular complexity index is 1840. The Hall–Kier alpha value is -4.62. The van der Waals surface area contributed by atoms with Gasteiger partial charge in [0, 0.05) is 5.92 Å². The molecule has 6 heteroatoms. The number of rotatable bonds is 8. The first-order chi connectivity index (χ1) is 22.6. The van der Waals surface area contributed by atoms with E-state index >= 15 is 0 Å². The lowest BCUT2D eigenvalue weighted by Crippen LogP contribution is -2.22. The maximum atomic E-state index is 11.1. The molecule has 0 saturated heterocycles. The summed E-state index contributed by atoms with van der Waals surface area (Å²) in [5.41, 5.74) is 2.98. The molecule has 0 aliphatic carbocycles. The SMILES string of the molecule is CC(C)(C)Oc1ccc([S+](c2ccccc2)c2ccccc2)cc1.O=S(=O)([O-])c1ccc(C(c2ccccc2)c2ccccc2)cc1. The maximum absolute atomic E-state index is 11.1. The van der Waals surface area contributed by atoms with E-state index in [0.29, 0.717) is 0 Å². The summed E-state index contributed by atoms with van der Waals surface area (Å²) in [5, 5.41) is 0. The van der Waals surface area contributed by atoms with E-state index in [1.807, 2.05) is 60.7 Å². The number of ether oxygens (including phenoxy) is 1. The summed E-state index contributed by atoms with van der Waals surface area (Å²) in [4.78, 5) is 3.75. The molecule has 238 valence electrons. The molecule has 0 N–H and O–H groups in total. The first kappa shape index (κ1) is 33.7. The van der Waals surface area contributed by atoms with Crippen LogP contribution in [0.3, 0.4) is 0 Å². The van der Waals surface area contributed by atoms with Gasteiger partial charge in [0.1, 0.15) is 21.5 Å². The second-order valence-corrected chi connectivity index (χ2v) is 15.3. The number of hydrogen-bond donors (Lipinski definition) is 0. The normalized spacial score (nSPS) is 11.5. The molecule has 0 unspecified atom stereocenters. The van der Waals surface area contributed by atoms with E-state index in [-0.39, 0.29) is 27.3 Å². The number of benzene rings is 6. The lowest BCUT2D eigenvalue weighted by molar-refractivity contribution is 0.131. The monoisotopic (exact) mass is 658 g/mol. The van der Waals surface area contributed by atoms with Crippen LogP contribution in [-0.4, -0.2) is 18.6 Å². The van der Waals surface area contributed by atoms with E-state index in [4.69, 9.17) is 4.74 Å². The van der Waals surface area contributed by atoms with Gasteiger partial charge in [0.25, 0.3) is 0 Å². The Balaban J connectivity index is 0.000000185. The first-order valence-corrected chi connectivity index (χ1v) is 18.0. The molecule has 0 fully saturated rings. The lowest BCUT2D eigenvalue weighted by Gasteiger charge is -2.21. The molecule has 0 radical (unpaired) electrons. The third-order valence-corrected chi connectivity index (χ3v) is 10.3. The van der Waals surface area contributed by atoms with Crippen molar-refractivity contribution >= 4 is 21.0 Å². The van der Waals surface area contributed by atoms with Crippen LogP contribution in [0.15, 0.2) is 189 Å². The fourth-order valence-corrected chi connectivity index (χ4v) is 7.77. The minimum absolute atomic E-state index is 0.0131. The van der Waals surface area contributed by atoms with E-state index in [9.17, 15) is 13.0 Å². The molecule has 6 aromatic rings. The minimum atomic E-state index is -4.42. The molecule has 6 aromatic carbocycles. The van der Waals surface area contributed by atoms with Crippen molar-refractivity contribution in [2.24, 2.45) is 0 Å². The van der Waals surface area contributed by atoms with Crippen LogP contribution >= 0.6 is 0 Å². The summed E-state index contributed by atoms with van der Waals surface area (Å²) in [6.07, 6.45) is 0. The molecule has 0 atom stereocenters. The third kappa shape index (κ3) is 9.46. The molecule has 0 aromatic heterocycles. The summed E-state index contributed by atoms with van der Waals surface area (Å²) in [6.45, 7) is 6.21. The van der Waals surface area contributed by atoms with E-state index in [1.165, 1.54) is 26.8 Å². The maximum Gasteiger partial charge on any atom is 0.166 e. The van der Waals surface area contributed by atoms with E-state index in [2.05, 4.69) is 106 Å². The van der Waals surface area contributed by atoms with E-state index < -0.39 is 10.1 Å². The summed E-state index contributed by atoms with van der Waals surface area (Å²) in [6, 6.07) is 56.0. The molecule has 4 nitrogen and oxygen atoms in total. The number of hydrogen-bond acceptors (Lipinski definition) is 4. The highest BCUT2D eigenvalue weighted by molar-refractivity contribution is 7.97. The fraction of sp³-hybridized carbons (Fsp3) is 0.122. The van der Waals surface area contributed by atoms with Gasteiger partial charge in [0.05, 0.1) is 15.8 Å². The Labute approximate surface area is 281 Å². The van der Waals surface area contributed by atoms with Crippen molar-refractivity contribution in [2.45, 2.75) is 51.9 Å². The van der Waals surface area contributed by atoms with Crippen LogP contribution in [-0.2, 0) is 21.0 Å². The van der Waals surface area contributed by atoms with Crippen LogP contribution in [0.5, 0.6) is 5.75 Å². The van der Waals surface area contributed by atoms with Crippen molar-refractivity contribution in [2.75, 3.05) is 0 Å². The predicted octanol–water partition coefficient (Wildman–Crippen LogP) is 9.73. The molecule has 6 rings (SSSR count). The van der Waals surface area contributed by atoms with Crippen LogP contribution in [0.1, 0.15) is 43.4 Å². The zero-order valence-corrected chi connectivity index (χ0v) is 28.3. The molecule has 0 heterocycles. The summed E-state index contributed by atoms with van der Waals surface area (Å²) < 4.78 is 39.2. The predicted molar refractivity (Wildman–Crippen MR) is 190 cm³/mol. The second-order valence-electron chi connectivity index (χ2n) is 11.9. The average molecular weight is 659 g/mol. The highest BCUT2D eigenvalue weighted by Crippen LogP contribution is 2.33. The minimum Gasteiger partial charge on any atom is -0.744 e. The highest BCUT2D eigenvalue weighted by Gasteiger charge is 2.28. The van der Waals surface area contributed by atoms with Crippen molar-refractivity contribution in [1.82, 2.24) is 0 Å². The zero-order valence-electron chi connectivity index (χ0n) is 26.7. The smallest absolute Gasteiger partial charge is 0.166 e. The summed E-state index contributed by atoms with van der Waals surface area (Å²) >= 11 is 0. The zero-order chi connectivity index (χ0) is 33.3. The van der Waals surface area contributed by atoms with Crippen molar-refractivity contribution < 1.29 is 17.7 Å². The molecule has 0 bridgehead atoms. The van der Waals surface area contributed by atoms with Gasteiger partial charge in [0.2, 0.25) is 0 Å². The molecule has 0 spiro atoms. The largest absolute Gasteiger partial charge is 0.744 e. The van der Waals surface area contributed by atoms with Gasteiger partial charge >= 0.3 is 0 Å². The Kier molecular flexibility index (Phi) is 11.0. The Morgan fingerprint density at radius 3 is 1.26 bits per heavy atom. The lowest BCUT2D eigenvalue weighted by atomic mass is 9.85. The van der Waals surface area contributed by atoms with Crippen molar-refractivity contribution in [1.29, 1.82) is 0 Å². The van der Waals surface area contributed by atoms with Crippen molar-refractivity contribution in [3.63, 3.8) is 0 Å². The van der Waals surface area contributed by atoms with Gasteiger partial charge < -0.3 is 9.29 Å². The second kappa shape index (κ2) is 15.3. The van der Waals surface area contributed by atoms with E-state index in [1.54, 1.807) is 12.1 Å². The van der Waals surface area contributed by atoms with Gasteiger partial charge in [0.15, 0.2) is 14.7 Å². The van der Waals surface area contributed by atoms with Crippen molar-refractivity contribution in [3.8, 4) is 5.75 Å². The third-order valence-electron chi connectivity index (χ3n) is 7.21. The van der Waals surface area contributed by atoms with Crippen LogP contribution in [0.4, 0.5) is 0 Å². The van der Waals surface area contributed by atoms with Crippen LogP contribution < -0.4 is 4.74 Å². The van der Waals surface area contributed by atoms with Crippen LogP contribution in [0.2, 0.25) is 0 Å². The molecule has 0 aliphatic heterocycles. The van der Waals surface area contributed by atoms with Crippen LogP contribution in [0.25, 0.3) is 0 Å². The van der Waals surface area contributed by atoms with Gasteiger partial charge in [-0.2, -0.15) is 0 Å². The summed E-state index contributed by atoms with van der Waals surface area (Å²) in [5.74, 6) is 0.900. The molecular formula is C41H38O4S2. The quantitative estimate of drug-likeness (QED) is 0.0928. The van der Waals surface area contributed by atoms with E-state index in [0.717, 1.165) is 22.4 Å². The highest BCUT2D eigenvalue weighted by atomic mass is 32.2. The molecule has 47 heavy (non-hydrogen) atoms. The fourth-order valence-electron chi connectivity index (χ4n) is 5.21. The molecular weight excluding hydrogens is 621 g/mol.